The van der Waals surface area contributed by atoms with Gasteiger partial charge in [-0.3, -0.25) is 4.79 Å². The fraction of sp³-hybridized carbons (Fsp3) is 0.333. The molecule has 7 nitrogen and oxygen atoms in total. The Morgan fingerprint density at radius 1 is 1.20 bits per heavy atom. The molecule has 1 amide bonds. The summed E-state index contributed by atoms with van der Waals surface area (Å²) in [5.74, 6) is 0.813. The highest BCUT2D eigenvalue weighted by Gasteiger charge is 2.17. The summed E-state index contributed by atoms with van der Waals surface area (Å²) >= 11 is 7.10. The number of hydrazone groups is 1. The van der Waals surface area contributed by atoms with Crippen LogP contribution in [0.2, 0.25) is 0 Å². The molecule has 30 heavy (non-hydrogen) atoms. The van der Waals surface area contributed by atoms with Gasteiger partial charge in [-0.15, -0.1) is 0 Å². The number of ether oxygens (including phenoxy) is 3. The van der Waals surface area contributed by atoms with E-state index >= 15 is 0 Å². The van der Waals surface area contributed by atoms with Crippen molar-refractivity contribution in [2.75, 3.05) is 20.8 Å². The summed E-state index contributed by atoms with van der Waals surface area (Å²) < 4.78 is 17.8. The molecular weight excluding hydrogens is 520 g/mol. The predicted molar refractivity (Wildman–Crippen MR) is 123 cm³/mol. The maximum Gasteiger partial charge on any atom is 0.277 e. The number of carbonyl (C=O) groups is 1. The molecule has 0 saturated heterocycles. The summed E-state index contributed by atoms with van der Waals surface area (Å²) in [6.07, 6.45) is 1.42. The van der Waals surface area contributed by atoms with Gasteiger partial charge in [0.1, 0.15) is 5.75 Å². The fourth-order valence-corrected chi connectivity index (χ4v) is 3.89. The number of carbonyl (C=O) groups excluding carboxylic acids is 1. The third-order valence-electron chi connectivity index (χ3n) is 4.31. The van der Waals surface area contributed by atoms with Crippen molar-refractivity contribution in [2.45, 2.75) is 26.7 Å². The second-order valence-corrected chi connectivity index (χ2v) is 8.37. The molecule has 2 rings (SSSR count). The van der Waals surface area contributed by atoms with Crippen molar-refractivity contribution in [2.24, 2.45) is 5.10 Å². The molecule has 0 spiro atoms. The Labute approximate surface area is 192 Å². The Bertz CT molecular complexity index is 936. The van der Waals surface area contributed by atoms with E-state index in [4.69, 9.17) is 14.2 Å². The van der Waals surface area contributed by atoms with E-state index in [9.17, 15) is 9.90 Å². The first-order valence-electron chi connectivity index (χ1n) is 9.07. The maximum absolute atomic E-state index is 12.2. The number of hydrogen-bond donors (Lipinski definition) is 2. The molecule has 2 aromatic rings. The van der Waals surface area contributed by atoms with E-state index in [-0.39, 0.29) is 29.8 Å². The van der Waals surface area contributed by atoms with Crippen molar-refractivity contribution < 1.29 is 24.1 Å². The summed E-state index contributed by atoms with van der Waals surface area (Å²) in [7, 11) is 2.86. The maximum atomic E-state index is 12.2. The zero-order valence-electron chi connectivity index (χ0n) is 17.4. The van der Waals surface area contributed by atoms with Gasteiger partial charge in [0.05, 0.1) is 24.9 Å². The molecule has 0 aliphatic carbocycles. The van der Waals surface area contributed by atoms with E-state index in [2.05, 4.69) is 56.2 Å². The van der Waals surface area contributed by atoms with Crippen LogP contribution in [0.1, 0.15) is 36.5 Å². The van der Waals surface area contributed by atoms with Crippen LogP contribution in [-0.2, 0) is 4.79 Å². The summed E-state index contributed by atoms with van der Waals surface area (Å²) in [4.78, 5) is 12.2. The minimum absolute atomic E-state index is 0.106. The Morgan fingerprint density at radius 2 is 1.80 bits per heavy atom. The summed E-state index contributed by atoms with van der Waals surface area (Å²) in [5, 5.41) is 13.9. The molecule has 9 heteroatoms. The second kappa shape index (κ2) is 10.7. The van der Waals surface area contributed by atoms with Crippen LogP contribution in [0.25, 0.3) is 0 Å². The Balaban J connectivity index is 2.07. The van der Waals surface area contributed by atoms with Crippen LogP contribution >= 0.6 is 31.9 Å². The van der Waals surface area contributed by atoms with Gasteiger partial charge in [-0.05, 0) is 58.1 Å². The number of phenols is 1. The molecule has 0 aromatic heterocycles. The van der Waals surface area contributed by atoms with Crippen molar-refractivity contribution >= 4 is 44.0 Å². The van der Waals surface area contributed by atoms with Crippen LogP contribution in [0, 0.1) is 6.92 Å². The molecule has 0 atom stereocenters. The van der Waals surface area contributed by atoms with Gasteiger partial charge in [0.25, 0.3) is 5.91 Å². The molecule has 0 aliphatic heterocycles. The minimum Gasteiger partial charge on any atom is -0.502 e. The lowest BCUT2D eigenvalue weighted by Crippen LogP contribution is -2.25. The molecule has 0 heterocycles. The third-order valence-corrected chi connectivity index (χ3v) is 6.08. The van der Waals surface area contributed by atoms with Gasteiger partial charge in [0.15, 0.2) is 18.1 Å². The van der Waals surface area contributed by atoms with Crippen molar-refractivity contribution in [1.29, 1.82) is 0 Å². The zero-order chi connectivity index (χ0) is 22.4. The number of amides is 1. The summed E-state index contributed by atoms with van der Waals surface area (Å²) in [5.41, 5.74) is 4.98. The van der Waals surface area contributed by atoms with Crippen molar-refractivity contribution in [3.8, 4) is 23.0 Å². The standard InChI is InChI=1S/C21H24Br2N2O5/c1-11(2)14-8-15(22)12(3)19(23)21(14)30-10-18(26)25-24-9-13-6-16(28-4)20(27)17(7-13)29-5/h6-9,11,27H,10H2,1-5H3,(H,25,26)/b24-9-. The summed E-state index contributed by atoms with van der Waals surface area (Å²) in [6.45, 7) is 5.87. The van der Waals surface area contributed by atoms with E-state index in [1.54, 1.807) is 12.1 Å². The second-order valence-electron chi connectivity index (χ2n) is 6.73. The van der Waals surface area contributed by atoms with Crippen molar-refractivity contribution in [3.63, 3.8) is 0 Å². The highest BCUT2D eigenvalue weighted by molar-refractivity contribution is 9.11. The Morgan fingerprint density at radius 3 is 2.33 bits per heavy atom. The largest absolute Gasteiger partial charge is 0.502 e. The Kier molecular flexibility index (Phi) is 8.54. The molecule has 2 N–H and O–H groups in total. The van der Waals surface area contributed by atoms with Gasteiger partial charge in [-0.2, -0.15) is 5.10 Å². The predicted octanol–water partition coefficient (Wildman–Crippen LogP) is 4.90. The molecule has 0 unspecified atom stereocenters. The van der Waals surface area contributed by atoms with Crippen LogP contribution in [0.3, 0.4) is 0 Å². The first-order chi connectivity index (χ1) is 14.2. The minimum atomic E-state index is -0.411. The van der Waals surface area contributed by atoms with Gasteiger partial charge in [0.2, 0.25) is 5.75 Å². The number of nitrogens with one attached hydrogen (secondary N) is 1. The number of methoxy groups -OCH3 is 2. The van der Waals surface area contributed by atoms with E-state index in [0.29, 0.717) is 11.3 Å². The number of nitrogens with zero attached hydrogens (tertiary/aromatic N) is 1. The molecule has 0 saturated carbocycles. The summed E-state index contributed by atoms with van der Waals surface area (Å²) in [6, 6.07) is 5.14. The topological polar surface area (TPSA) is 89.4 Å². The van der Waals surface area contributed by atoms with Crippen molar-refractivity contribution in [3.05, 3.63) is 43.8 Å². The van der Waals surface area contributed by atoms with Crippen LogP contribution < -0.4 is 19.6 Å². The number of benzene rings is 2. The van der Waals surface area contributed by atoms with Crippen LogP contribution in [-0.4, -0.2) is 38.1 Å². The monoisotopic (exact) mass is 542 g/mol. The number of hydrogen-bond acceptors (Lipinski definition) is 6. The number of aromatic hydroxyl groups is 1. The van der Waals surface area contributed by atoms with Crippen LogP contribution in [0.4, 0.5) is 0 Å². The van der Waals surface area contributed by atoms with Gasteiger partial charge in [-0.1, -0.05) is 29.8 Å². The van der Waals surface area contributed by atoms with E-state index < -0.39 is 5.91 Å². The normalized spacial score (nSPS) is 11.1. The number of halogens is 2. The lowest BCUT2D eigenvalue weighted by molar-refractivity contribution is -0.123. The lowest BCUT2D eigenvalue weighted by Gasteiger charge is -2.18. The number of phenolic OH excluding ortho intramolecular Hbond substituents is 1. The first kappa shape index (κ1) is 24.0. The quantitative estimate of drug-likeness (QED) is 0.365. The van der Waals surface area contributed by atoms with Gasteiger partial charge < -0.3 is 19.3 Å². The highest BCUT2D eigenvalue weighted by Crippen LogP contribution is 2.40. The van der Waals surface area contributed by atoms with E-state index in [0.717, 1.165) is 20.1 Å². The molecular formula is C21H24Br2N2O5. The molecule has 0 aliphatic rings. The Hall–Kier alpha value is -2.26. The lowest BCUT2D eigenvalue weighted by atomic mass is 10.0. The smallest absolute Gasteiger partial charge is 0.277 e. The molecule has 0 fully saturated rings. The average molecular weight is 544 g/mol. The van der Waals surface area contributed by atoms with Crippen LogP contribution in [0.5, 0.6) is 23.0 Å². The first-order valence-corrected chi connectivity index (χ1v) is 10.7. The van der Waals surface area contributed by atoms with Gasteiger partial charge in [-0.25, -0.2) is 5.43 Å². The van der Waals surface area contributed by atoms with Gasteiger partial charge in [0, 0.05) is 10.0 Å². The highest BCUT2D eigenvalue weighted by atomic mass is 79.9. The van der Waals surface area contributed by atoms with Gasteiger partial charge >= 0.3 is 0 Å². The molecule has 0 radical (unpaired) electrons. The average Bonchev–Trinajstić information content (AvgIpc) is 2.71. The number of rotatable bonds is 8. The van der Waals surface area contributed by atoms with E-state index in [1.807, 2.05) is 13.0 Å². The van der Waals surface area contributed by atoms with Crippen molar-refractivity contribution in [1.82, 2.24) is 5.43 Å². The molecule has 162 valence electrons. The molecule has 0 bridgehead atoms. The third kappa shape index (κ3) is 5.66. The SMILES string of the molecule is COc1cc(/C=N\NC(=O)COc2c(C(C)C)cc(Br)c(C)c2Br)cc(OC)c1O. The fourth-order valence-electron chi connectivity index (χ4n) is 2.62. The zero-order valence-corrected chi connectivity index (χ0v) is 20.5. The van der Waals surface area contributed by atoms with Crippen LogP contribution in [0.15, 0.2) is 32.2 Å². The van der Waals surface area contributed by atoms with E-state index in [1.165, 1.54) is 20.4 Å². The molecule has 2 aromatic carbocycles.